The fourth-order valence-corrected chi connectivity index (χ4v) is 4.45. The first-order chi connectivity index (χ1) is 14.0. The Morgan fingerprint density at radius 3 is 2.52 bits per heavy atom. The fraction of sp³-hybridized carbons (Fsp3) is 0.227. The van der Waals surface area contributed by atoms with Crippen LogP contribution in [-0.2, 0) is 16.5 Å². The Hall–Kier alpha value is -2.90. The third-order valence-corrected chi connectivity index (χ3v) is 6.29. The van der Waals surface area contributed by atoms with Gasteiger partial charge in [0.05, 0.1) is 17.1 Å². The topological polar surface area (TPSA) is 79.7 Å². The minimum absolute atomic E-state index is 0.181. The van der Waals surface area contributed by atoms with Crippen molar-refractivity contribution in [3.63, 3.8) is 0 Å². The number of pyridine rings is 1. The van der Waals surface area contributed by atoms with Crippen molar-refractivity contribution in [3.8, 4) is 11.5 Å². The number of aromatic nitrogens is 1. The lowest BCUT2D eigenvalue weighted by atomic mass is 10.1. The summed E-state index contributed by atoms with van der Waals surface area (Å²) in [7, 11) is -4.31. The summed E-state index contributed by atoms with van der Waals surface area (Å²) in [6.45, 7) is 2.46. The Morgan fingerprint density at radius 1 is 1.03 bits per heavy atom. The number of fused-ring (bicyclic) bond motifs is 2. The van der Waals surface area contributed by atoms with Gasteiger partial charge in [0, 0.05) is 12.7 Å². The molecular weight excluding hydrogens is 388 g/mol. The van der Waals surface area contributed by atoms with E-state index in [0.29, 0.717) is 18.0 Å². The van der Waals surface area contributed by atoms with Gasteiger partial charge < -0.3 is 9.64 Å². The Labute approximate surface area is 170 Å². The summed E-state index contributed by atoms with van der Waals surface area (Å²) >= 11 is 0. The molecule has 1 aliphatic heterocycles. The van der Waals surface area contributed by atoms with Gasteiger partial charge in [-0.25, -0.2) is 0 Å². The second kappa shape index (κ2) is 7.85. The second-order valence-corrected chi connectivity index (χ2v) is 8.52. The predicted molar refractivity (Wildman–Crippen MR) is 112 cm³/mol. The van der Waals surface area contributed by atoms with Gasteiger partial charge in [0.1, 0.15) is 5.25 Å². The molecule has 1 atom stereocenters. The van der Waals surface area contributed by atoms with Crippen molar-refractivity contribution in [3.05, 3.63) is 78.1 Å². The van der Waals surface area contributed by atoms with Crippen LogP contribution in [0.1, 0.15) is 29.9 Å². The lowest BCUT2D eigenvalue weighted by molar-refractivity contribution is 0.459. The molecule has 1 unspecified atom stereocenters. The molecule has 0 amide bonds. The summed E-state index contributed by atoms with van der Waals surface area (Å²) in [6, 6.07) is 18.7. The Balaban J connectivity index is 1.71. The molecule has 0 bridgehead atoms. The number of rotatable bonds is 6. The van der Waals surface area contributed by atoms with Crippen molar-refractivity contribution in [2.75, 3.05) is 11.4 Å². The van der Waals surface area contributed by atoms with Gasteiger partial charge in [0.2, 0.25) is 0 Å². The molecule has 0 fully saturated rings. The summed E-state index contributed by atoms with van der Waals surface area (Å²) in [5.74, 6) is 1.44. The largest absolute Gasteiger partial charge is 0.453 e. The van der Waals surface area contributed by atoms with Gasteiger partial charge in [-0.15, -0.1) is 0 Å². The van der Waals surface area contributed by atoms with Crippen LogP contribution in [0, 0.1) is 0 Å². The molecular formula is C22H22N2O4S. The Morgan fingerprint density at radius 2 is 1.79 bits per heavy atom. The zero-order valence-electron chi connectivity index (χ0n) is 16.0. The first kappa shape index (κ1) is 19.4. The smallest absolute Gasteiger partial charge is 0.273 e. The molecule has 150 valence electrons. The summed E-state index contributed by atoms with van der Waals surface area (Å²) in [5, 5.41) is -1.10. The lowest BCUT2D eigenvalue weighted by Crippen LogP contribution is -2.26. The van der Waals surface area contributed by atoms with E-state index in [4.69, 9.17) is 4.74 Å². The molecule has 29 heavy (non-hydrogen) atoms. The molecule has 1 N–H and O–H groups in total. The molecule has 0 spiro atoms. The van der Waals surface area contributed by atoms with Crippen LogP contribution >= 0.6 is 0 Å². The van der Waals surface area contributed by atoms with Gasteiger partial charge >= 0.3 is 0 Å². The number of hydrogen-bond donors (Lipinski definition) is 1. The number of hydrogen-bond acceptors (Lipinski definition) is 5. The number of nitrogens with zero attached hydrogens (tertiary/aromatic N) is 2. The van der Waals surface area contributed by atoms with Crippen molar-refractivity contribution >= 4 is 21.5 Å². The highest BCUT2D eigenvalue weighted by Gasteiger charge is 2.30. The van der Waals surface area contributed by atoms with Crippen molar-refractivity contribution in [2.24, 2.45) is 0 Å². The lowest BCUT2D eigenvalue weighted by Gasteiger charge is -2.33. The van der Waals surface area contributed by atoms with E-state index in [1.54, 1.807) is 18.2 Å². The maximum Gasteiger partial charge on any atom is 0.273 e. The number of benzene rings is 2. The molecule has 0 saturated heterocycles. The van der Waals surface area contributed by atoms with Gasteiger partial charge in [0.15, 0.2) is 11.5 Å². The zero-order valence-corrected chi connectivity index (χ0v) is 16.8. The standard InChI is InChI=1S/C22H22N2O4S/c1-2-16-10-11-21-19(15-16)24(18-8-3-4-9-20(18)28-21)14-12-22(29(25,26)27)17-7-5-6-13-23-17/h3-11,13,15,22H,2,12,14H2,1H3,(H,25,26,27). The molecule has 6 nitrogen and oxygen atoms in total. The van der Waals surface area contributed by atoms with Crippen molar-refractivity contribution in [1.29, 1.82) is 0 Å². The molecule has 0 aliphatic carbocycles. The van der Waals surface area contributed by atoms with Crippen LogP contribution in [0.25, 0.3) is 0 Å². The molecule has 2 heterocycles. The maximum absolute atomic E-state index is 12.1. The van der Waals surface area contributed by atoms with Crippen LogP contribution in [0.15, 0.2) is 66.9 Å². The molecule has 1 aliphatic rings. The Kier molecular flexibility index (Phi) is 5.25. The fourth-order valence-electron chi connectivity index (χ4n) is 3.60. The molecule has 4 rings (SSSR count). The van der Waals surface area contributed by atoms with E-state index in [1.165, 1.54) is 6.20 Å². The highest BCUT2D eigenvalue weighted by Crippen LogP contribution is 2.47. The quantitative estimate of drug-likeness (QED) is 0.582. The van der Waals surface area contributed by atoms with Crippen LogP contribution in [-0.4, -0.2) is 24.5 Å². The Bertz CT molecular complexity index is 1120. The number of aryl methyl sites for hydroxylation is 1. The highest BCUT2D eigenvalue weighted by molar-refractivity contribution is 7.86. The summed E-state index contributed by atoms with van der Waals surface area (Å²) in [5.41, 5.74) is 3.24. The molecule has 0 radical (unpaired) electrons. The van der Waals surface area contributed by atoms with E-state index in [2.05, 4.69) is 22.9 Å². The minimum Gasteiger partial charge on any atom is -0.453 e. The van der Waals surface area contributed by atoms with Crippen molar-refractivity contribution < 1.29 is 17.7 Å². The minimum atomic E-state index is -4.31. The van der Waals surface area contributed by atoms with Gasteiger partial charge in [0.25, 0.3) is 10.1 Å². The first-order valence-corrected chi connectivity index (χ1v) is 11.0. The average molecular weight is 410 g/mol. The number of anilines is 2. The summed E-state index contributed by atoms with van der Waals surface area (Å²) < 4.78 is 40.0. The third-order valence-electron chi connectivity index (χ3n) is 5.09. The molecule has 7 heteroatoms. The SMILES string of the molecule is CCc1ccc2c(c1)N(CCC(c1ccccn1)S(=O)(=O)O)c1ccccc1O2. The monoisotopic (exact) mass is 410 g/mol. The maximum atomic E-state index is 12.1. The number of para-hydroxylation sites is 2. The van der Waals surface area contributed by atoms with E-state index < -0.39 is 15.4 Å². The zero-order chi connectivity index (χ0) is 20.4. The van der Waals surface area contributed by atoms with E-state index >= 15 is 0 Å². The van der Waals surface area contributed by atoms with Crippen molar-refractivity contribution in [2.45, 2.75) is 25.0 Å². The van der Waals surface area contributed by atoms with Gasteiger partial charge in [-0.3, -0.25) is 9.54 Å². The molecule has 1 aromatic heterocycles. The first-order valence-electron chi connectivity index (χ1n) is 9.52. The highest BCUT2D eigenvalue weighted by atomic mass is 32.2. The van der Waals surface area contributed by atoms with E-state index in [1.807, 2.05) is 36.4 Å². The van der Waals surface area contributed by atoms with E-state index in [0.717, 1.165) is 29.1 Å². The van der Waals surface area contributed by atoms with Crippen LogP contribution in [0.4, 0.5) is 11.4 Å². The van der Waals surface area contributed by atoms with Crippen LogP contribution < -0.4 is 9.64 Å². The normalized spacial score (nSPS) is 13.9. The van der Waals surface area contributed by atoms with Crippen LogP contribution in [0.2, 0.25) is 0 Å². The van der Waals surface area contributed by atoms with Gasteiger partial charge in [-0.05, 0) is 54.8 Å². The average Bonchev–Trinajstić information content (AvgIpc) is 2.72. The molecule has 2 aromatic carbocycles. The number of ether oxygens (including phenoxy) is 1. The summed E-state index contributed by atoms with van der Waals surface area (Å²) in [6.07, 6.45) is 2.59. The van der Waals surface area contributed by atoms with Gasteiger partial charge in [-0.1, -0.05) is 31.2 Å². The summed E-state index contributed by atoms with van der Waals surface area (Å²) in [4.78, 5) is 6.19. The van der Waals surface area contributed by atoms with E-state index in [-0.39, 0.29) is 6.42 Å². The molecule has 3 aromatic rings. The molecule has 0 saturated carbocycles. The van der Waals surface area contributed by atoms with Crippen LogP contribution in [0.5, 0.6) is 11.5 Å². The predicted octanol–water partition coefficient (Wildman–Crippen LogP) is 4.91. The van der Waals surface area contributed by atoms with Crippen LogP contribution in [0.3, 0.4) is 0 Å². The van der Waals surface area contributed by atoms with Gasteiger partial charge in [-0.2, -0.15) is 8.42 Å². The van der Waals surface area contributed by atoms with Crippen molar-refractivity contribution in [1.82, 2.24) is 4.98 Å². The second-order valence-electron chi connectivity index (χ2n) is 6.92. The third kappa shape index (κ3) is 3.97. The van der Waals surface area contributed by atoms with E-state index in [9.17, 15) is 13.0 Å².